The summed E-state index contributed by atoms with van der Waals surface area (Å²) in [4.78, 5) is 0. The Balaban J connectivity index is 1.96. The average molecular weight is 140 g/mol. The largest absolute Gasteiger partial charge is 0.370 e. The topological polar surface area (TPSA) is 12.5 Å². The molecule has 1 heteroatoms. The zero-order valence-electron chi connectivity index (χ0n) is 6.84. The lowest BCUT2D eigenvalue weighted by Crippen LogP contribution is -1.90. The maximum Gasteiger partial charge on any atom is 0.0844 e. The minimum Gasteiger partial charge on any atom is -0.370 e. The van der Waals surface area contributed by atoms with Crippen molar-refractivity contribution >= 4 is 0 Å². The van der Waals surface area contributed by atoms with Gasteiger partial charge < -0.3 is 4.74 Å². The minimum atomic E-state index is 0.584. The van der Waals surface area contributed by atoms with Gasteiger partial charge in [-0.15, -0.1) is 0 Å². The Morgan fingerprint density at radius 3 is 2.70 bits per heavy atom. The van der Waals surface area contributed by atoms with Gasteiger partial charge in [-0.1, -0.05) is 19.1 Å². The fraction of sp³-hybridized carbons (Fsp3) is 0.778. The van der Waals surface area contributed by atoms with E-state index in [1.54, 1.807) is 0 Å². The summed E-state index contributed by atoms with van der Waals surface area (Å²) in [5.41, 5.74) is 0. The third kappa shape index (κ3) is 2.14. The number of epoxide rings is 1. The number of rotatable bonds is 4. The Morgan fingerprint density at radius 1 is 1.40 bits per heavy atom. The highest BCUT2D eigenvalue weighted by atomic mass is 16.6. The van der Waals surface area contributed by atoms with Gasteiger partial charge in [0, 0.05) is 0 Å². The van der Waals surface area contributed by atoms with Gasteiger partial charge in [0.15, 0.2) is 0 Å². The predicted molar refractivity (Wildman–Crippen MR) is 43.0 cm³/mol. The van der Waals surface area contributed by atoms with Gasteiger partial charge >= 0.3 is 0 Å². The zero-order chi connectivity index (χ0) is 7.40. The van der Waals surface area contributed by atoms with Crippen molar-refractivity contribution in [2.24, 2.45) is 0 Å². The Bertz CT molecular complexity index is 118. The van der Waals surface area contributed by atoms with Crippen LogP contribution in [0, 0.1) is 0 Å². The van der Waals surface area contributed by atoms with Gasteiger partial charge in [0.2, 0.25) is 0 Å². The molecule has 2 atom stereocenters. The van der Waals surface area contributed by atoms with E-state index >= 15 is 0 Å². The zero-order valence-corrected chi connectivity index (χ0v) is 6.84. The quantitative estimate of drug-likeness (QED) is 0.432. The highest BCUT2D eigenvalue weighted by Gasteiger charge is 2.35. The fourth-order valence-corrected chi connectivity index (χ4v) is 1.22. The van der Waals surface area contributed by atoms with E-state index in [9.17, 15) is 0 Å². The normalized spacial score (nSPS) is 31.4. The molecule has 0 spiro atoms. The van der Waals surface area contributed by atoms with Crippen molar-refractivity contribution in [1.29, 1.82) is 0 Å². The molecule has 1 fully saturated rings. The highest BCUT2D eigenvalue weighted by Crippen LogP contribution is 2.28. The Labute approximate surface area is 63.1 Å². The molecule has 2 unspecified atom stereocenters. The van der Waals surface area contributed by atoms with E-state index in [1.165, 1.54) is 19.3 Å². The van der Waals surface area contributed by atoms with E-state index in [0.717, 1.165) is 0 Å². The molecule has 1 aliphatic rings. The minimum absolute atomic E-state index is 0.584. The summed E-state index contributed by atoms with van der Waals surface area (Å²) in [6, 6.07) is 0. The molecule has 0 N–H and O–H groups in total. The van der Waals surface area contributed by atoms with Crippen LogP contribution in [0.5, 0.6) is 0 Å². The average Bonchev–Trinajstić information content (AvgIpc) is 2.68. The number of allylic oxidation sites excluding steroid dienone is 2. The summed E-state index contributed by atoms with van der Waals surface area (Å²) in [6.45, 7) is 4.24. The molecular weight excluding hydrogens is 124 g/mol. The Morgan fingerprint density at radius 2 is 2.20 bits per heavy atom. The fourth-order valence-electron chi connectivity index (χ4n) is 1.22. The monoisotopic (exact) mass is 140 g/mol. The van der Waals surface area contributed by atoms with Crippen LogP contribution in [-0.4, -0.2) is 12.2 Å². The van der Waals surface area contributed by atoms with Crippen LogP contribution in [0.15, 0.2) is 12.2 Å². The van der Waals surface area contributed by atoms with Crippen molar-refractivity contribution in [3.8, 4) is 0 Å². The van der Waals surface area contributed by atoms with E-state index in [2.05, 4.69) is 26.0 Å². The van der Waals surface area contributed by atoms with Crippen molar-refractivity contribution in [2.45, 2.75) is 45.3 Å². The molecule has 1 heterocycles. The molecule has 0 amide bonds. The third-order valence-corrected chi connectivity index (χ3v) is 1.94. The first-order chi connectivity index (χ1) is 4.88. The third-order valence-electron chi connectivity index (χ3n) is 1.94. The lowest BCUT2D eigenvalue weighted by Gasteiger charge is -1.87. The van der Waals surface area contributed by atoms with Crippen LogP contribution in [0.4, 0.5) is 0 Å². The maximum absolute atomic E-state index is 5.38. The molecule has 0 aromatic rings. The summed E-state index contributed by atoms with van der Waals surface area (Å²) < 4.78 is 5.38. The van der Waals surface area contributed by atoms with E-state index in [-0.39, 0.29) is 0 Å². The molecule has 1 nitrogen and oxygen atoms in total. The van der Waals surface area contributed by atoms with E-state index in [4.69, 9.17) is 4.74 Å². The molecule has 58 valence electrons. The van der Waals surface area contributed by atoms with E-state index in [1.807, 2.05) is 0 Å². The van der Waals surface area contributed by atoms with Crippen LogP contribution < -0.4 is 0 Å². The Hall–Kier alpha value is -0.300. The SMILES string of the molecule is CC=CCCC1OC1CC. The molecule has 0 aromatic carbocycles. The highest BCUT2D eigenvalue weighted by molar-refractivity contribution is 4.87. The Kier molecular flexibility index (Phi) is 2.94. The number of ether oxygens (including phenoxy) is 1. The van der Waals surface area contributed by atoms with Crippen molar-refractivity contribution in [3.05, 3.63) is 12.2 Å². The van der Waals surface area contributed by atoms with Crippen LogP contribution >= 0.6 is 0 Å². The lowest BCUT2D eigenvalue weighted by atomic mass is 10.1. The van der Waals surface area contributed by atoms with Crippen molar-refractivity contribution in [3.63, 3.8) is 0 Å². The van der Waals surface area contributed by atoms with Gasteiger partial charge in [-0.25, -0.2) is 0 Å². The number of hydrogen-bond donors (Lipinski definition) is 0. The van der Waals surface area contributed by atoms with Crippen molar-refractivity contribution < 1.29 is 4.74 Å². The van der Waals surface area contributed by atoms with Crippen LogP contribution in [0.1, 0.15) is 33.1 Å². The summed E-state index contributed by atoms with van der Waals surface area (Å²) >= 11 is 0. The van der Waals surface area contributed by atoms with E-state index in [0.29, 0.717) is 12.2 Å². The maximum atomic E-state index is 5.38. The summed E-state index contributed by atoms with van der Waals surface area (Å²) in [7, 11) is 0. The standard InChI is InChI=1S/C9H16O/c1-3-5-6-7-9-8(4-2)10-9/h3,5,8-9H,4,6-7H2,1-2H3. The van der Waals surface area contributed by atoms with Crippen molar-refractivity contribution in [2.75, 3.05) is 0 Å². The first-order valence-electron chi connectivity index (χ1n) is 4.15. The van der Waals surface area contributed by atoms with Gasteiger partial charge in [-0.2, -0.15) is 0 Å². The number of hydrogen-bond acceptors (Lipinski definition) is 1. The second-order valence-electron chi connectivity index (χ2n) is 2.77. The molecule has 0 saturated carbocycles. The van der Waals surface area contributed by atoms with Gasteiger partial charge in [0.1, 0.15) is 0 Å². The first kappa shape index (κ1) is 7.80. The van der Waals surface area contributed by atoms with Gasteiger partial charge in [0.05, 0.1) is 12.2 Å². The summed E-state index contributed by atoms with van der Waals surface area (Å²) in [5, 5.41) is 0. The smallest absolute Gasteiger partial charge is 0.0844 e. The van der Waals surface area contributed by atoms with Crippen LogP contribution in [0.2, 0.25) is 0 Å². The van der Waals surface area contributed by atoms with Crippen LogP contribution in [0.25, 0.3) is 0 Å². The van der Waals surface area contributed by atoms with Crippen LogP contribution in [0.3, 0.4) is 0 Å². The molecule has 0 aromatic heterocycles. The molecule has 1 aliphatic heterocycles. The second-order valence-corrected chi connectivity index (χ2v) is 2.77. The van der Waals surface area contributed by atoms with Gasteiger partial charge in [-0.05, 0) is 26.2 Å². The first-order valence-corrected chi connectivity index (χ1v) is 4.15. The van der Waals surface area contributed by atoms with Gasteiger partial charge in [0.25, 0.3) is 0 Å². The lowest BCUT2D eigenvalue weighted by molar-refractivity contribution is 0.360. The van der Waals surface area contributed by atoms with Crippen molar-refractivity contribution in [1.82, 2.24) is 0 Å². The summed E-state index contributed by atoms with van der Waals surface area (Å²) in [6.07, 6.45) is 9.05. The van der Waals surface area contributed by atoms with Gasteiger partial charge in [-0.3, -0.25) is 0 Å². The second kappa shape index (κ2) is 3.77. The molecule has 1 saturated heterocycles. The molecule has 0 bridgehead atoms. The summed E-state index contributed by atoms with van der Waals surface area (Å²) in [5.74, 6) is 0. The molecule has 1 rings (SSSR count). The van der Waals surface area contributed by atoms with E-state index < -0.39 is 0 Å². The molecule has 0 aliphatic carbocycles. The predicted octanol–water partition coefficient (Wildman–Crippen LogP) is 2.52. The molecule has 10 heavy (non-hydrogen) atoms. The molecular formula is C9H16O. The molecule has 0 radical (unpaired) electrons. The van der Waals surface area contributed by atoms with Crippen LogP contribution in [-0.2, 0) is 4.74 Å².